The molecule has 0 fully saturated rings. The molecule has 1 aromatic heterocycles. The summed E-state index contributed by atoms with van der Waals surface area (Å²) in [5.74, 6) is 0. The van der Waals surface area contributed by atoms with E-state index in [1.165, 1.54) is 35.7 Å². The summed E-state index contributed by atoms with van der Waals surface area (Å²) in [6.45, 7) is 5.25. The van der Waals surface area contributed by atoms with Crippen LogP contribution in [0.2, 0.25) is 0 Å². The highest BCUT2D eigenvalue weighted by atomic mass is 15.2. The molecular weight excluding hydrogens is 258 g/mol. The molecule has 0 bridgehead atoms. The van der Waals surface area contributed by atoms with Gasteiger partial charge in [0, 0.05) is 42.7 Å². The molecule has 0 radical (unpaired) electrons. The summed E-state index contributed by atoms with van der Waals surface area (Å²) >= 11 is 0. The van der Waals surface area contributed by atoms with Crippen molar-refractivity contribution in [1.29, 1.82) is 5.26 Å². The summed E-state index contributed by atoms with van der Waals surface area (Å²) in [4.78, 5) is 2.53. The maximum atomic E-state index is 8.88. The quantitative estimate of drug-likeness (QED) is 0.842. The van der Waals surface area contributed by atoms with Crippen molar-refractivity contribution in [3.8, 4) is 6.07 Å². The molecule has 1 aromatic carbocycles. The lowest BCUT2D eigenvalue weighted by molar-refractivity contribution is 0.144. The minimum Gasteiger partial charge on any atom is -0.342 e. The second kappa shape index (κ2) is 4.89. The Morgan fingerprint density at radius 3 is 3.10 bits per heavy atom. The van der Waals surface area contributed by atoms with Crippen LogP contribution in [0.4, 0.5) is 0 Å². The van der Waals surface area contributed by atoms with Crippen LogP contribution in [-0.2, 0) is 13.0 Å². The maximum Gasteiger partial charge on any atom is 0.0635 e. The number of aryl methyl sites for hydroxylation is 2. The molecule has 0 spiro atoms. The largest absolute Gasteiger partial charge is 0.342 e. The predicted molar refractivity (Wildman–Crippen MR) is 84.2 cm³/mol. The number of aromatic nitrogens is 1. The average molecular weight is 279 g/mol. The highest BCUT2D eigenvalue weighted by Crippen LogP contribution is 2.42. The van der Waals surface area contributed by atoms with Gasteiger partial charge in [-0.25, -0.2) is 0 Å². The van der Waals surface area contributed by atoms with E-state index in [0.717, 1.165) is 19.6 Å². The summed E-state index contributed by atoms with van der Waals surface area (Å²) in [5.41, 5.74) is 5.89. The van der Waals surface area contributed by atoms with Gasteiger partial charge in [0.15, 0.2) is 0 Å². The van der Waals surface area contributed by atoms with Crippen molar-refractivity contribution < 1.29 is 0 Å². The van der Waals surface area contributed by atoms with Gasteiger partial charge in [0.25, 0.3) is 0 Å². The van der Waals surface area contributed by atoms with Crippen LogP contribution < -0.4 is 0 Å². The minimum absolute atomic E-state index is 0.531. The summed E-state index contributed by atoms with van der Waals surface area (Å²) in [5, 5.41) is 10.4. The Bertz CT molecular complexity index is 735. The molecule has 2 aliphatic rings. The summed E-state index contributed by atoms with van der Waals surface area (Å²) in [6, 6.07) is 9.72. The van der Waals surface area contributed by atoms with E-state index in [1.54, 1.807) is 11.3 Å². The lowest BCUT2D eigenvalue weighted by atomic mass is 9.89. The molecule has 2 heterocycles. The van der Waals surface area contributed by atoms with Crippen LogP contribution in [0.1, 0.15) is 42.1 Å². The zero-order chi connectivity index (χ0) is 14.4. The molecule has 4 rings (SSSR count). The smallest absolute Gasteiger partial charge is 0.0635 e. The zero-order valence-corrected chi connectivity index (χ0v) is 12.6. The summed E-state index contributed by atoms with van der Waals surface area (Å²) in [6.07, 6.45) is 4.37. The maximum absolute atomic E-state index is 8.88. The predicted octanol–water partition coefficient (Wildman–Crippen LogP) is 3.56. The first kappa shape index (κ1) is 12.9. The van der Waals surface area contributed by atoms with Crippen molar-refractivity contribution >= 4 is 10.9 Å². The van der Waals surface area contributed by atoms with E-state index in [-0.39, 0.29) is 0 Å². The highest BCUT2D eigenvalue weighted by Gasteiger charge is 2.34. The van der Waals surface area contributed by atoms with Crippen LogP contribution >= 0.6 is 0 Å². The SMILES string of the molecule is Cc1ccc2c(c1)c1c3n2CCN(CCC#N)[C@@H]3CCC1. The van der Waals surface area contributed by atoms with Crippen LogP contribution in [-0.4, -0.2) is 22.6 Å². The van der Waals surface area contributed by atoms with Crippen molar-refractivity contribution in [2.75, 3.05) is 13.1 Å². The number of hydrogen-bond donors (Lipinski definition) is 0. The van der Waals surface area contributed by atoms with Gasteiger partial charge < -0.3 is 4.57 Å². The van der Waals surface area contributed by atoms with Crippen LogP contribution in [0.5, 0.6) is 0 Å². The van der Waals surface area contributed by atoms with Gasteiger partial charge in [0.05, 0.1) is 12.1 Å². The molecule has 0 unspecified atom stereocenters. The topological polar surface area (TPSA) is 32.0 Å². The molecule has 0 amide bonds. The lowest BCUT2D eigenvalue weighted by Crippen LogP contribution is -2.40. The van der Waals surface area contributed by atoms with E-state index in [0.29, 0.717) is 12.5 Å². The van der Waals surface area contributed by atoms with Gasteiger partial charge in [-0.15, -0.1) is 0 Å². The number of nitrogens with zero attached hydrogens (tertiary/aromatic N) is 3. The second-order valence-electron chi connectivity index (χ2n) is 6.39. The third-order valence-corrected chi connectivity index (χ3v) is 5.15. The summed E-state index contributed by atoms with van der Waals surface area (Å²) < 4.78 is 2.55. The molecule has 21 heavy (non-hydrogen) atoms. The zero-order valence-electron chi connectivity index (χ0n) is 12.6. The Morgan fingerprint density at radius 1 is 1.33 bits per heavy atom. The van der Waals surface area contributed by atoms with E-state index in [1.807, 2.05) is 0 Å². The first-order valence-electron chi connectivity index (χ1n) is 8.02. The number of benzene rings is 1. The van der Waals surface area contributed by atoms with E-state index >= 15 is 0 Å². The standard InChI is InChI=1S/C18H21N3/c1-13-6-7-16-15(12-13)14-4-2-5-17-18(14)21(16)11-10-20(17)9-3-8-19/h6-7,12,17H,2-5,9-11H2,1H3/t17-/m1/s1. The van der Waals surface area contributed by atoms with E-state index in [4.69, 9.17) is 5.26 Å². The number of rotatable bonds is 2. The molecule has 0 saturated carbocycles. The first-order chi connectivity index (χ1) is 10.3. The van der Waals surface area contributed by atoms with E-state index < -0.39 is 0 Å². The van der Waals surface area contributed by atoms with Crippen LogP contribution in [0.3, 0.4) is 0 Å². The minimum atomic E-state index is 0.531. The molecule has 0 saturated heterocycles. The van der Waals surface area contributed by atoms with Gasteiger partial charge in [0.2, 0.25) is 0 Å². The van der Waals surface area contributed by atoms with Crippen molar-refractivity contribution in [3.63, 3.8) is 0 Å². The molecule has 2 aromatic rings. The van der Waals surface area contributed by atoms with Gasteiger partial charge in [0.1, 0.15) is 0 Å². The molecule has 1 aliphatic heterocycles. The molecule has 0 N–H and O–H groups in total. The molecule has 1 aliphatic carbocycles. The highest BCUT2D eigenvalue weighted by molar-refractivity contribution is 5.87. The van der Waals surface area contributed by atoms with Gasteiger partial charge in [-0.05, 0) is 43.9 Å². The number of hydrogen-bond acceptors (Lipinski definition) is 2. The van der Waals surface area contributed by atoms with Crippen LogP contribution in [0.25, 0.3) is 10.9 Å². The molecule has 3 nitrogen and oxygen atoms in total. The first-order valence-corrected chi connectivity index (χ1v) is 8.02. The monoisotopic (exact) mass is 279 g/mol. The fourth-order valence-electron chi connectivity index (χ4n) is 4.25. The fourth-order valence-corrected chi connectivity index (χ4v) is 4.25. The normalized spacial score (nSPS) is 21.2. The van der Waals surface area contributed by atoms with Gasteiger partial charge in [-0.1, -0.05) is 11.6 Å². The Balaban J connectivity index is 1.86. The van der Waals surface area contributed by atoms with Crippen molar-refractivity contribution in [1.82, 2.24) is 9.47 Å². The lowest BCUT2D eigenvalue weighted by Gasteiger charge is -2.39. The average Bonchev–Trinajstić information content (AvgIpc) is 2.82. The summed E-state index contributed by atoms with van der Waals surface area (Å²) in [7, 11) is 0. The van der Waals surface area contributed by atoms with Crippen molar-refractivity contribution in [2.45, 2.75) is 45.2 Å². The molecular formula is C18H21N3. The fraction of sp³-hybridized carbons (Fsp3) is 0.500. The molecule has 3 heteroatoms. The van der Waals surface area contributed by atoms with E-state index in [9.17, 15) is 0 Å². The van der Waals surface area contributed by atoms with Gasteiger partial charge >= 0.3 is 0 Å². The number of fused-ring (bicyclic) bond motifs is 3. The number of nitriles is 1. The molecule has 1 atom stereocenters. The van der Waals surface area contributed by atoms with E-state index in [2.05, 4.69) is 40.7 Å². The molecule has 108 valence electrons. The Labute approximate surface area is 125 Å². The Kier molecular flexibility index (Phi) is 3.01. The Morgan fingerprint density at radius 2 is 2.24 bits per heavy atom. The van der Waals surface area contributed by atoms with Crippen molar-refractivity contribution in [3.05, 3.63) is 35.0 Å². The van der Waals surface area contributed by atoms with Crippen LogP contribution in [0.15, 0.2) is 18.2 Å². The second-order valence-corrected chi connectivity index (χ2v) is 6.39. The third-order valence-electron chi connectivity index (χ3n) is 5.15. The van der Waals surface area contributed by atoms with Crippen LogP contribution in [0, 0.1) is 18.3 Å². The Hall–Kier alpha value is -1.79. The van der Waals surface area contributed by atoms with Gasteiger partial charge in [-0.2, -0.15) is 5.26 Å². The van der Waals surface area contributed by atoms with Crippen molar-refractivity contribution in [2.24, 2.45) is 0 Å². The van der Waals surface area contributed by atoms with Gasteiger partial charge in [-0.3, -0.25) is 4.90 Å². The third kappa shape index (κ3) is 1.90.